The van der Waals surface area contributed by atoms with Crippen molar-refractivity contribution in [1.29, 1.82) is 5.26 Å². The largest absolute Gasteiger partial charge is 0.334 e. The third kappa shape index (κ3) is 4.42. The lowest BCUT2D eigenvalue weighted by molar-refractivity contribution is 0.245. The molecule has 1 atom stereocenters. The maximum atomic E-state index is 13.3. The highest BCUT2D eigenvalue weighted by atomic mass is 32.2. The van der Waals surface area contributed by atoms with Crippen LogP contribution in [0.3, 0.4) is 0 Å². The van der Waals surface area contributed by atoms with Gasteiger partial charge in [0.15, 0.2) is 0 Å². The van der Waals surface area contributed by atoms with Gasteiger partial charge in [-0.15, -0.1) is 0 Å². The summed E-state index contributed by atoms with van der Waals surface area (Å²) >= 11 is 0. The number of hydrogen-bond acceptors (Lipinski definition) is 4. The number of nitrogens with one attached hydrogen (secondary N) is 1. The lowest BCUT2D eigenvalue weighted by Gasteiger charge is -2.24. The fourth-order valence-electron chi connectivity index (χ4n) is 5.52. The Kier molecular flexibility index (Phi) is 6.63. The van der Waals surface area contributed by atoms with Gasteiger partial charge in [-0.2, -0.15) is 5.26 Å². The quantitative estimate of drug-likeness (QED) is 0.496. The molecule has 1 fully saturated rings. The first-order chi connectivity index (χ1) is 17.4. The Balaban J connectivity index is 1.39. The average molecular weight is 499 g/mol. The highest BCUT2D eigenvalue weighted by Crippen LogP contribution is 2.50. The number of nitrogens with zero attached hydrogens (tertiary/aromatic N) is 3. The van der Waals surface area contributed by atoms with E-state index >= 15 is 0 Å². The van der Waals surface area contributed by atoms with Crippen molar-refractivity contribution in [3.63, 3.8) is 0 Å². The Morgan fingerprint density at radius 1 is 1.14 bits per heavy atom. The molecule has 3 aromatic rings. The standard InChI is InChI=1S/C29H30N4O2S/c1-3-36(35)23-9-6-21(7-10-23)18-31-28(34)33-19-29(14-4-5-15-29)27-26(33)13-12-25(32-27)24-11-8-22(17-30)16-20(24)2/h6-13,16H,3-5,14-15,18-19H2,1-2H3,(H,31,34). The van der Waals surface area contributed by atoms with Gasteiger partial charge in [0.2, 0.25) is 0 Å². The van der Waals surface area contributed by atoms with Crippen molar-refractivity contribution in [3.8, 4) is 17.3 Å². The molecule has 1 spiro atoms. The van der Waals surface area contributed by atoms with Crippen molar-refractivity contribution >= 4 is 22.5 Å². The van der Waals surface area contributed by atoms with Crippen LogP contribution in [-0.4, -0.2) is 27.5 Å². The topological polar surface area (TPSA) is 86.1 Å². The smallest absolute Gasteiger partial charge is 0.322 e. The molecule has 0 saturated heterocycles. The van der Waals surface area contributed by atoms with Crippen LogP contribution >= 0.6 is 0 Å². The van der Waals surface area contributed by atoms with Gasteiger partial charge in [0.25, 0.3) is 0 Å². The van der Waals surface area contributed by atoms with Gasteiger partial charge in [-0.3, -0.25) is 9.11 Å². The van der Waals surface area contributed by atoms with Crippen molar-refractivity contribution in [2.45, 2.75) is 56.4 Å². The summed E-state index contributed by atoms with van der Waals surface area (Å²) in [4.78, 5) is 21.1. The number of hydrogen-bond donors (Lipinski definition) is 1. The van der Waals surface area contributed by atoms with E-state index in [-0.39, 0.29) is 11.4 Å². The van der Waals surface area contributed by atoms with E-state index in [0.717, 1.165) is 64.3 Å². The number of urea groups is 1. The summed E-state index contributed by atoms with van der Waals surface area (Å²) in [7, 11) is -0.979. The fourth-order valence-corrected chi connectivity index (χ4v) is 6.29. The van der Waals surface area contributed by atoms with Gasteiger partial charge in [-0.05, 0) is 67.3 Å². The van der Waals surface area contributed by atoms with Gasteiger partial charge in [-0.25, -0.2) is 9.78 Å². The number of carbonyl (C=O) groups excluding carboxylic acids is 1. The molecule has 0 bridgehead atoms. The Hall–Kier alpha value is -3.50. The molecular formula is C29H30N4O2S. The van der Waals surface area contributed by atoms with Gasteiger partial charge in [0.05, 0.1) is 39.5 Å². The number of amides is 2. The van der Waals surface area contributed by atoms with Gasteiger partial charge >= 0.3 is 6.03 Å². The molecule has 1 N–H and O–H groups in total. The van der Waals surface area contributed by atoms with E-state index in [1.807, 2.05) is 73.3 Å². The normalized spacial score (nSPS) is 16.5. The maximum absolute atomic E-state index is 13.3. The van der Waals surface area contributed by atoms with E-state index < -0.39 is 10.8 Å². The SMILES string of the molecule is CCS(=O)c1ccc(CNC(=O)N2CC3(CCCC3)c3nc(-c4ccc(C#N)cc4C)ccc32)cc1. The first-order valence-corrected chi connectivity index (χ1v) is 13.8. The van der Waals surface area contributed by atoms with E-state index in [2.05, 4.69) is 11.4 Å². The predicted octanol–water partition coefficient (Wildman–Crippen LogP) is 5.60. The number of pyridine rings is 1. The molecule has 1 aliphatic heterocycles. The Bertz CT molecular complexity index is 1370. The number of anilines is 1. The molecule has 1 aromatic heterocycles. The lowest BCUT2D eigenvalue weighted by atomic mass is 9.84. The summed E-state index contributed by atoms with van der Waals surface area (Å²) in [6.45, 7) is 4.96. The van der Waals surface area contributed by atoms with E-state index in [1.165, 1.54) is 0 Å². The highest BCUT2D eigenvalue weighted by Gasteiger charge is 2.47. The molecule has 2 aliphatic rings. The molecule has 6 nitrogen and oxygen atoms in total. The monoisotopic (exact) mass is 498 g/mol. The summed E-state index contributed by atoms with van der Waals surface area (Å²) in [5, 5.41) is 12.3. The molecule has 2 amide bonds. The van der Waals surface area contributed by atoms with E-state index in [9.17, 15) is 14.3 Å². The molecule has 2 heterocycles. The van der Waals surface area contributed by atoms with Crippen LogP contribution in [0.15, 0.2) is 59.5 Å². The summed E-state index contributed by atoms with van der Waals surface area (Å²) in [6, 6.07) is 19.4. The van der Waals surface area contributed by atoms with Crippen LogP contribution in [0, 0.1) is 18.3 Å². The molecule has 7 heteroatoms. The molecule has 2 aromatic carbocycles. The van der Waals surface area contributed by atoms with Crippen LogP contribution in [-0.2, 0) is 22.8 Å². The Labute approximate surface area is 214 Å². The van der Waals surface area contributed by atoms with Gasteiger partial charge in [0.1, 0.15) is 0 Å². The molecule has 1 unspecified atom stereocenters. The average Bonchev–Trinajstić information content (AvgIpc) is 3.52. The van der Waals surface area contributed by atoms with Gasteiger partial charge < -0.3 is 5.32 Å². The molecule has 184 valence electrons. The number of rotatable bonds is 5. The number of carbonyl (C=O) groups is 1. The van der Waals surface area contributed by atoms with Gasteiger partial charge in [0, 0.05) is 34.7 Å². The third-order valence-corrected chi connectivity index (χ3v) is 8.78. The first-order valence-electron chi connectivity index (χ1n) is 12.5. The van der Waals surface area contributed by atoms with Gasteiger partial charge in [-0.1, -0.05) is 38.0 Å². The first kappa shape index (κ1) is 24.2. The minimum atomic E-state index is -0.979. The van der Waals surface area contributed by atoms with Crippen LogP contribution < -0.4 is 10.2 Å². The molecule has 5 rings (SSSR count). The van der Waals surface area contributed by atoms with E-state index in [4.69, 9.17) is 4.98 Å². The lowest BCUT2D eigenvalue weighted by Crippen LogP contribution is -2.41. The molecule has 1 aliphatic carbocycles. The summed E-state index contributed by atoms with van der Waals surface area (Å²) in [5.74, 6) is 0.590. The van der Waals surface area contributed by atoms with Crippen molar-refractivity contribution in [2.75, 3.05) is 17.2 Å². The Morgan fingerprint density at radius 2 is 1.89 bits per heavy atom. The minimum absolute atomic E-state index is 0.102. The summed E-state index contributed by atoms with van der Waals surface area (Å²) in [5.41, 5.74) is 6.33. The molecular weight excluding hydrogens is 468 g/mol. The molecule has 0 radical (unpaired) electrons. The van der Waals surface area contributed by atoms with Crippen LogP contribution in [0.25, 0.3) is 11.3 Å². The molecule has 36 heavy (non-hydrogen) atoms. The zero-order valence-corrected chi connectivity index (χ0v) is 21.5. The Morgan fingerprint density at radius 3 is 2.56 bits per heavy atom. The second-order valence-corrected chi connectivity index (χ2v) is 11.5. The number of benzene rings is 2. The zero-order chi connectivity index (χ0) is 25.3. The van der Waals surface area contributed by atoms with Crippen molar-refractivity contribution in [2.24, 2.45) is 0 Å². The number of aryl methyl sites for hydroxylation is 1. The number of nitriles is 1. The van der Waals surface area contributed by atoms with Crippen LogP contribution in [0.5, 0.6) is 0 Å². The highest BCUT2D eigenvalue weighted by molar-refractivity contribution is 7.85. The summed E-state index contributed by atoms with van der Waals surface area (Å²) in [6.07, 6.45) is 4.34. The van der Waals surface area contributed by atoms with E-state index in [1.54, 1.807) is 0 Å². The van der Waals surface area contributed by atoms with Crippen molar-refractivity contribution in [1.82, 2.24) is 10.3 Å². The van der Waals surface area contributed by atoms with Crippen LogP contribution in [0.4, 0.5) is 10.5 Å². The minimum Gasteiger partial charge on any atom is -0.334 e. The third-order valence-electron chi connectivity index (χ3n) is 7.46. The number of fused-ring (bicyclic) bond motifs is 2. The molecule has 1 saturated carbocycles. The fraction of sp³-hybridized carbons (Fsp3) is 0.345. The van der Waals surface area contributed by atoms with E-state index in [0.29, 0.717) is 24.4 Å². The maximum Gasteiger partial charge on any atom is 0.322 e. The number of aromatic nitrogens is 1. The zero-order valence-electron chi connectivity index (χ0n) is 20.7. The second-order valence-electron chi connectivity index (χ2n) is 9.72. The predicted molar refractivity (Wildman–Crippen MR) is 142 cm³/mol. The van der Waals surface area contributed by atoms with Crippen LogP contribution in [0.2, 0.25) is 0 Å². The van der Waals surface area contributed by atoms with Crippen molar-refractivity contribution in [3.05, 3.63) is 77.0 Å². The summed E-state index contributed by atoms with van der Waals surface area (Å²) < 4.78 is 12.0. The van der Waals surface area contributed by atoms with Crippen molar-refractivity contribution < 1.29 is 9.00 Å². The second kappa shape index (κ2) is 9.87. The van der Waals surface area contributed by atoms with Crippen LogP contribution in [0.1, 0.15) is 55.0 Å².